The van der Waals surface area contributed by atoms with Gasteiger partial charge in [0.15, 0.2) is 0 Å². The highest BCUT2D eigenvalue weighted by atomic mass is 127. The average molecular weight is 305 g/mol. The topological polar surface area (TPSA) is 32.9 Å². The third kappa shape index (κ3) is 1.95. The van der Waals surface area contributed by atoms with Gasteiger partial charge in [-0.15, -0.1) is 0 Å². The van der Waals surface area contributed by atoms with E-state index in [4.69, 9.17) is 11.6 Å². The predicted molar refractivity (Wildman–Crippen MR) is 49.7 cm³/mol. The molecular formula is C6H3ClF2INO. The predicted octanol–water partition coefficient (Wildman–Crippen LogP) is 2.57. The molecule has 1 heterocycles. The Morgan fingerprint density at radius 3 is 2.58 bits per heavy atom. The van der Waals surface area contributed by atoms with Gasteiger partial charge < -0.3 is 4.98 Å². The summed E-state index contributed by atoms with van der Waals surface area (Å²) in [6.45, 7) is 0. The van der Waals surface area contributed by atoms with Crippen LogP contribution >= 0.6 is 34.2 Å². The van der Waals surface area contributed by atoms with Gasteiger partial charge in [0.1, 0.15) is 5.15 Å². The summed E-state index contributed by atoms with van der Waals surface area (Å²) < 4.78 is 24.5. The van der Waals surface area contributed by atoms with Gasteiger partial charge in [-0.05, 0) is 28.7 Å². The van der Waals surface area contributed by atoms with Crippen LogP contribution in [0.2, 0.25) is 5.15 Å². The van der Waals surface area contributed by atoms with Gasteiger partial charge in [0, 0.05) is 3.57 Å². The largest absolute Gasteiger partial charge is 0.312 e. The summed E-state index contributed by atoms with van der Waals surface area (Å²) in [4.78, 5) is 13.0. The highest BCUT2D eigenvalue weighted by Crippen LogP contribution is 2.21. The highest BCUT2D eigenvalue weighted by molar-refractivity contribution is 14.1. The van der Waals surface area contributed by atoms with Crippen molar-refractivity contribution in [3.05, 3.63) is 30.7 Å². The van der Waals surface area contributed by atoms with Crippen LogP contribution in [0.5, 0.6) is 0 Å². The van der Waals surface area contributed by atoms with E-state index in [9.17, 15) is 13.6 Å². The molecule has 0 amide bonds. The zero-order chi connectivity index (χ0) is 9.30. The van der Waals surface area contributed by atoms with Crippen molar-refractivity contribution in [2.45, 2.75) is 6.43 Å². The first-order valence-electron chi connectivity index (χ1n) is 2.88. The molecule has 1 aromatic heterocycles. The van der Waals surface area contributed by atoms with E-state index < -0.39 is 17.5 Å². The number of aromatic nitrogens is 1. The number of halogens is 4. The van der Waals surface area contributed by atoms with Crippen molar-refractivity contribution in [2.24, 2.45) is 0 Å². The van der Waals surface area contributed by atoms with Gasteiger partial charge in [-0.25, -0.2) is 8.78 Å². The SMILES string of the molecule is O=c1[nH]c(Cl)cc(I)c1C(F)F. The summed E-state index contributed by atoms with van der Waals surface area (Å²) >= 11 is 7.06. The summed E-state index contributed by atoms with van der Waals surface area (Å²) in [5, 5.41) is 0.0637. The van der Waals surface area contributed by atoms with Gasteiger partial charge in [0.25, 0.3) is 12.0 Å². The van der Waals surface area contributed by atoms with E-state index in [0.717, 1.165) is 0 Å². The fourth-order valence-corrected chi connectivity index (χ4v) is 1.88. The molecule has 0 aliphatic heterocycles. The third-order valence-electron chi connectivity index (χ3n) is 1.21. The fraction of sp³-hybridized carbons (Fsp3) is 0.167. The molecule has 1 N–H and O–H groups in total. The van der Waals surface area contributed by atoms with Crippen molar-refractivity contribution in [3.8, 4) is 0 Å². The molecule has 6 heteroatoms. The standard InChI is InChI=1S/C6H3ClF2INO/c7-3-1-2(10)4(5(8)9)6(12)11-3/h1,5H,(H,11,12). The van der Waals surface area contributed by atoms with Crippen LogP contribution in [0, 0.1) is 3.57 Å². The molecule has 0 bridgehead atoms. The number of H-pyrrole nitrogens is 1. The van der Waals surface area contributed by atoms with Crippen LogP contribution in [0.3, 0.4) is 0 Å². The van der Waals surface area contributed by atoms with Crippen molar-refractivity contribution in [3.63, 3.8) is 0 Å². The molecule has 12 heavy (non-hydrogen) atoms. The summed E-state index contributed by atoms with van der Waals surface area (Å²) in [5.74, 6) is 0. The van der Waals surface area contributed by atoms with Crippen molar-refractivity contribution in [1.82, 2.24) is 4.98 Å². The smallest absolute Gasteiger partial charge is 0.270 e. The zero-order valence-corrected chi connectivity index (χ0v) is 8.49. The first-order chi connectivity index (χ1) is 5.52. The Balaban J connectivity index is 3.39. The van der Waals surface area contributed by atoms with Crippen LogP contribution in [-0.4, -0.2) is 4.98 Å². The maximum atomic E-state index is 12.2. The fourth-order valence-electron chi connectivity index (χ4n) is 0.713. The molecule has 66 valence electrons. The lowest BCUT2D eigenvalue weighted by Gasteiger charge is -2.01. The molecule has 1 aromatic rings. The molecule has 0 aromatic carbocycles. The third-order valence-corrected chi connectivity index (χ3v) is 2.30. The quantitative estimate of drug-likeness (QED) is 0.628. The van der Waals surface area contributed by atoms with Gasteiger partial charge >= 0.3 is 0 Å². The van der Waals surface area contributed by atoms with Crippen LogP contribution in [0.25, 0.3) is 0 Å². The number of pyridine rings is 1. The van der Waals surface area contributed by atoms with Crippen LogP contribution < -0.4 is 5.56 Å². The average Bonchev–Trinajstić information content (AvgIpc) is 1.82. The minimum atomic E-state index is -2.77. The number of hydrogen-bond donors (Lipinski definition) is 1. The van der Waals surface area contributed by atoms with E-state index in [1.54, 1.807) is 22.6 Å². The molecule has 0 saturated heterocycles. The lowest BCUT2D eigenvalue weighted by Crippen LogP contribution is -2.14. The Labute approximate surface area is 85.1 Å². The molecule has 0 radical (unpaired) electrons. The lowest BCUT2D eigenvalue weighted by atomic mass is 10.3. The molecule has 0 spiro atoms. The van der Waals surface area contributed by atoms with E-state index in [2.05, 4.69) is 4.98 Å². The Morgan fingerprint density at radius 1 is 1.58 bits per heavy atom. The Kier molecular flexibility index (Phi) is 3.05. The first kappa shape index (κ1) is 9.91. The molecule has 2 nitrogen and oxygen atoms in total. The van der Waals surface area contributed by atoms with E-state index >= 15 is 0 Å². The Bertz CT molecular complexity index is 352. The van der Waals surface area contributed by atoms with Crippen molar-refractivity contribution >= 4 is 34.2 Å². The molecule has 0 aliphatic rings. The van der Waals surface area contributed by atoms with Crippen LogP contribution in [0.1, 0.15) is 12.0 Å². The molecule has 1 rings (SSSR count). The molecular weight excluding hydrogens is 302 g/mol. The van der Waals surface area contributed by atoms with E-state index in [-0.39, 0.29) is 8.72 Å². The number of alkyl halides is 2. The molecule has 0 fully saturated rings. The lowest BCUT2D eigenvalue weighted by molar-refractivity contribution is 0.148. The molecule has 0 atom stereocenters. The minimum Gasteiger partial charge on any atom is -0.312 e. The van der Waals surface area contributed by atoms with E-state index in [0.29, 0.717) is 0 Å². The number of rotatable bonds is 1. The highest BCUT2D eigenvalue weighted by Gasteiger charge is 2.16. The molecule has 0 saturated carbocycles. The van der Waals surface area contributed by atoms with Crippen LogP contribution in [0.15, 0.2) is 10.9 Å². The number of nitrogens with one attached hydrogen (secondary N) is 1. The van der Waals surface area contributed by atoms with Gasteiger partial charge in [-0.3, -0.25) is 4.79 Å². The second kappa shape index (κ2) is 3.69. The summed E-state index contributed by atoms with van der Waals surface area (Å²) in [5.41, 5.74) is -1.36. The monoisotopic (exact) mass is 305 g/mol. The minimum absolute atomic E-state index is 0.0637. The maximum absolute atomic E-state index is 12.2. The summed E-state index contributed by atoms with van der Waals surface area (Å²) in [6.07, 6.45) is -2.77. The van der Waals surface area contributed by atoms with Crippen LogP contribution in [-0.2, 0) is 0 Å². The Hall–Kier alpha value is -0.170. The Morgan fingerprint density at radius 2 is 2.17 bits per heavy atom. The van der Waals surface area contributed by atoms with Gasteiger partial charge in [-0.1, -0.05) is 11.6 Å². The maximum Gasteiger partial charge on any atom is 0.270 e. The summed E-state index contributed by atoms with van der Waals surface area (Å²) in [7, 11) is 0. The van der Waals surface area contributed by atoms with Crippen molar-refractivity contribution in [1.29, 1.82) is 0 Å². The molecule has 0 aliphatic carbocycles. The molecule has 0 unspecified atom stereocenters. The number of hydrogen-bond acceptors (Lipinski definition) is 1. The normalized spacial score (nSPS) is 10.8. The van der Waals surface area contributed by atoms with Gasteiger partial charge in [0.2, 0.25) is 0 Å². The van der Waals surface area contributed by atoms with Crippen molar-refractivity contribution < 1.29 is 8.78 Å². The van der Waals surface area contributed by atoms with E-state index in [1.165, 1.54) is 6.07 Å². The van der Waals surface area contributed by atoms with Crippen molar-refractivity contribution in [2.75, 3.05) is 0 Å². The van der Waals surface area contributed by atoms with E-state index in [1.807, 2.05) is 0 Å². The first-order valence-corrected chi connectivity index (χ1v) is 4.34. The zero-order valence-electron chi connectivity index (χ0n) is 5.57. The van der Waals surface area contributed by atoms with Gasteiger partial charge in [0.05, 0.1) is 5.56 Å². The second-order valence-corrected chi connectivity index (χ2v) is 3.58. The van der Waals surface area contributed by atoms with Crippen LogP contribution in [0.4, 0.5) is 8.78 Å². The second-order valence-electron chi connectivity index (χ2n) is 2.01. The number of aromatic amines is 1. The van der Waals surface area contributed by atoms with Gasteiger partial charge in [-0.2, -0.15) is 0 Å². The summed E-state index contributed by atoms with van der Waals surface area (Å²) in [6, 6.07) is 1.28.